The molecule has 0 saturated carbocycles. The molecule has 3 heterocycles. The van der Waals surface area contributed by atoms with Gasteiger partial charge in [0.25, 0.3) is 5.91 Å². The normalized spacial score (nSPS) is 18.6. The third-order valence-electron chi connectivity index (χ3n) is 3.52. The van der Waals surface area contributed by atoms with Crippen LogP contribution in [0.15, 0.2) is 18.3 Å². The Morgan fingerprint density at radius 2 is 2.14 bits per heavy atom. The molecule has 8 heteroatoms. The number of rotatable bonds is 1. The van der Waals surface area contributed by atoms with E-state index in [1.807, 2.05) is 6.07 Å². The molecule has 0 atom stereocenters. The second-order valence-electron chi connectivity index (χ2n) is 4.99. The molecule has 0 unspecified atom stereocenters. The molecule has 0 radical (unpaired) electrons. The quantitative estimate of drug-likeness (QED) is 0.848. The lowest BCUT2D eigenvalue weighted by Crippen LogP contribution is -2.33. The molecule has 0 aromatic carbocycles. The Hall–Kier alpha value is -1.67. The van der Waals surface area contributed by atoms with E-state index in [4.69, 9.17) is 5.73 Å². The first-order valence-corrected chi connectivity index (χ1v) is 9.24. The van der Waals surface area contributed by atoms with Crippen LogP contribution in [0.1, 0.15) is 16.1 Å². The fourth-order valence-corrected chi connectivity index (χ4v) is 4.71. The Kier molecular flexibility index (Phi) is 3.58. The lowest BCUT2D eigenvalue weighted by Gasteiger charge is -2.19. The molecule has 112 valence electrons. The van der Waals surface area contributed by atoms with Gasteiger partial charge in [-0.15, -0.1) is 11.3 Å². The number of fused-ring (bicyclic) bond motifs is 1. The monoisotopic (exact) mass is 325 g/mol. The third kappa shape index (κ3) is 2.73. The summed E-state index contributed by atoms with van der Waals surface area (Å²) in [5.74, 6) is -0.0465. The number of anilines is 1. The molecule has 1 fully saturated rings. The molecule has 1 aliphatic rings. The number of sulfone groups is 1. The molecule has 1 aliphatic heterocycles. The van der Waals surface area contributed by atoms with Crippen molar-refractivity contribution in [1.82, 2.24) is 9.88 Å². The van der Waals surface area contributed by atoms with Crippen molar-refractivity contribution >= 4 is 43.0 Å². The smallest absolute Gasteiger partial charge is 0.266 e. The zero-order valence-electron chi connectivity index (χ0n) is 11.3. The SMILES string of the molecule is Nc1c(C(=O)N2CCCS(=O)(=O)CC2)sc2cccnc12. The molecule has 3 rings (SSSR count). The van der Waals surface area contributed by atoms with Crippen molar-refractivity contribution < 1.29 is 13.2 Å². The van der Waals surface area contributed by atoms with Crippen molar-refractivity contribution in [3.63, 3.8) is 0 Å². The minimum atomic E-state index is -3.04. The maximum absolute atomic E-state index is 12.6. The fourth-order valence-electron chi connectivity index (χ4n) is 2.39. The number of pyridine rings is 1. The van der Waals surface area contributed by atoms with Gasteiger partial charge < -0.3 is 10.6 Å². The number of carbonyl (C=O) groups excluding carboxylic acids is 1. The first-order chi connectivity index (χ1) is 9.98. The van der Waals surface area contributed by atoms with Gasteiger partial charge in [-0.25, -0.2) is 8.42 Å². The Bertz CT molecular complexity index is 798. The summed E-state index contributed by atoms with van der Waals surface area (Å²) in [7, 11) is -3.04. The lowest BCUT2D eigenvalue weighted by atomic mass is 10.3. The third-order valence-corrected chi connectivity index (χ3v) is 6.38. The van der Waals surface area contributed by atoms with E-state index in [0.717, 1.165) is 4.70 Å². The molecule has 0 bridgehead atoms. The molecular weight excluding hydrogens is 310 g/mol. The highest BCUT2D eigenvalue weighted by atomic mass is 32.2. The lowest BCUT2D eigenvalue weighted by molar-refractivity contribution is 0.0774. The van der Waals surface area contributed by atoms with Crippen molar-refractivity contribution in [2.75, 3.05) is 30.3 Å². The van der Waals surface area contributed by atoms with E-state index in [0.29, 0.717) is 29.0 Å². The summed E-state index contributed by atoms with van der Waals surface area (Å²) >= 11 is 1.30. The van der Waals surface area contributed by atoms with Crippen molar-refractivity contribution in [2.45, 2.75) is 6.42 Å². The van der Waals surface area contributed by atoms with Gasteiger partial charge in [-0.3, -0.25) is 9.78 Å². The first-order valence-electron chi connectivity index (χ1n) is 6.60. The minimum Gasteiger partial charge on any atom is -0.396 e. The highest BCUT2D eigenvalue weighted by Crippen LogP contribution is 2.32. The van der Waals surface area contributed by atoms with Crippen LogP contribution in [0.2, 0.25) is 0 Å². The van der Waals surface area contributed by atoms with Crippen LogP contribution < -0.4 is 5.73 Å². The zero-order chi connectivity index (χ0) is 15.0. The number of carbonyl (C=O) groups is 1. The van der Waals surface area contributed by atoms with Gasteiger partial charge in [0.15, 0.2) is 9.84 Å². The zero-order valence-corrected chi connectivity index (χ0v) is 12.9. The van der Waals surface area contributed by atoms with Gasteiger partial charge in [-0.2, -0.15) is 0 Å². The van der Waals surface area contributed by atoms with Crippen LogP contribution in [-0.2, 0) is 9.84 Å². The van der Waals surface area contributed by atoms with E-state index in [1.54, 1.807) is 17.2 Å². The predicted octanol–water partition coefficient (Wildman–Crippen LogP) is 1.14. The summed E-state index contributed by atoms with van der Waals surface area (Å²) in [4.78, 5) is 18.8. The number of hydrogen-bond acceptors (Lipinski definition) is 6. The van der Waals surface area contributed by atoms with Crippen LogP contribution in [0.5, 0.6) is 0 Å². The molecule has 0 aliphatic carbocycles. The van der Waals surface area contributed by atoms with Gasteiger partial charge in [-0.05, 0) is 18.6 Å². The van der Waals surface area contributed by atoms with Gasteiger partial charge in [0.2, 0.25) is 0 Å². The highest BCUT2D eigenvalue weighted by molar-refractivity contribution is 7.91. The summed E-state index contributed by atoms with van der Waals surface area (Å²) in [5.41, 5.74) is 7.04. The fraction of sp³-hybridized carbons (Fsp3) is 0.385. The Labute approximate surface area is 126 Å². The van der Waals surface area contributed by atoms with Crippen molar-refractivity contribution in [2.24, 2.45) is 0 Å². The van der Waals surface area contributed by atoms with Gasteiger partial charge in [0, 0.05) is 19.3 Å². The average Bonchev–Trinajstić information content (AvgIpc) is 2.67. The van der Waals surface area contributed by atoms with Crippen LogP contribution in [0.4, 0.5) is 5.69 Å². The van der Waals surface area contributed by atoms with Crippen LogP contribution in [0.25, 0.3) is 10.2 Å². The summed E-state index contributed by atoms with van der Waals surface area (Å²) < 4.78 is 24.1. The molecular formula is C13H15N3O3S2. The Morgan fingerprint density at radius 1 is 1.33 bits per heavy atom. The summed E-state index contributed by atoms with van der Waals surface area (Å²) in [6.07, 6.45) is 2.11. The minimum absolute atomic E-state index is 0.0157. The second kappa shape index (κ2) is 5.27. The maximum atomic E-state index is 12.6. The molecule has 2 aromatic heterocycles. The summed E-state index contributed by atoms with van der Waals surface area (Å²) in [5, 5.41) is 0. The first kappa shape index (κ1) is 14.3. The second-order valence-corrected chi connectivity index (χ2v) is 8.35. The van der Waals surface area contributed by atoms with Gasteiger partial charge in [0.05, 0.1) is 21.9 Å². The Balaban J connectivity index is 1.92. The van der Waals surface area contributed by atoms with E-state index >= 15 is 0 Å². The molecule has 6 nitrogen and oxygen atoms in total. The van der Waals surface area contributed by atoms with E-state index < -0.39 is 9.84 Å². The predicted molar refractivity (Wildman–Crippen MR) is 83.2 cm³/mol. The number of aromatic nitrogens is 1. The molecule has 2 N–H and O–H groups in total. The van der Waals surface area contributed by atoms with Crippen LogP contribution in [0.3, 0.4) is 0 Å². The van der Waals surface area contributed by atoms with Crippen LogP contribution >= 0.6 is 11.3 Å². The van der Waals surface area contributed by atoms with Gasteiger partial charge >= 0.3 is 0 Å². The molecule has 1 saturated heterocycles. The summed E-state index contributed by atoms with van der Waals surface area (Å²) in [6, 6.07) is 3.66. The molecule has 0 spiro atoms. The summed E-state index contributed by atoms with van der Waals surface area (Å²) in [6.45, 7) is 0.668. The Morgan fingerprint density at radius 3 is 2.90 bits per heavy atom. The van der Waals surface area contributed by atoms with E-state index in [1.165, 1.54) is 11.3 Å². The van der Waals surface area contributed by atoms with Crippen molar-refractivity contribution in [3.8, 4) is 0 Å². The van der Waals surface area contributed by atoms with Crippen molar-refractivity contribution in [1.29, 1.82) is 0 Å². The molecule has 2 aromatic rings. The van der Waals surface area contributed by atoms with E-state index in [9.17, 15) is 13.2 Å². The number of nitrogen functional groups attached to an aromatic ring is 1. The number of nitrogens with zero attached hydrogens (tertiary/aromatic N) is 2. The van der Waals surface area contributed by atoms with E-state index in [-0.39, 0.29) is 24.0 Å². The largest absolute Gasteiger partial charge is 0.396 e. The maximum Gasteiger partial charge on any atom is 0.266 e. The highest BCUT2D eigenvalue weighted by Gasteiger charge is 2.26. The number of nitrogens with two attached hydrogens (primary N) is 1. The van der Waals surface area contributed by atoms with E-state index in [2.05, 4.69) is 4.98 Å². The number of amides is 1. The van der Waals surface area contributed by atoms with Crippen LogP contribution in [-0.4, -0.2) is 48.8 Å². The topological polar surface area (TPSA) is 93.4 Å². The number of thiophene rings is 1. The van der Waals surface area contributed by atoms with Gasteiger partial charge in [-0.1, -0.05) is 0 Å². The van der Waals surface area contributed by atoms with Crippen LogP contribution in [0, 0.1) is 0 Å². The standard InChI is InChI=1S/C13H15N3O3S2/c14-10-11-9(3-1-4-15-11)20-12(10)13(17)16-5-2-7-21(18,19)8-6-16/h1,3-4H,2,5-8,14H2. The molecule has 1 amide bonds. The van der Waals surface area contributed by atoms with Gasteiger partial charge in [0.1, 0.15) is 10.4 Å². The van der Waals surface area contributed by atoms with Crippen molar-refractivity contribution in [3.05, 3.63) is 23.2 Å². The molecule has 21 heavy (non-hydrogen) atoms. The average molecular weight is 325 g/mol. The number of hydrogen-bond donors (Lipinski definition) is 1.